The Balaban J connectivity index is 0.00000289. The normalized spacial score (nSPS) is 19.8. The smallest absolute Gasteiger partial charge is 0.224 e. The van der Waals surface area contributed by atoms with Crippen molar-refractivity contribution >= 4 is 18.3 Å². The lowest BCUT2D eigenvalue weighted by Gasteiger charge is -2.31. The molecule has 1 aliphatic rings. The molecule has 1 N–H and O–H groups in total. The number of nitrogens with one attached hydrogen (secondary N) is 1. The van der Waals surface area contributed by atoms with Crippen LogP contribution in [0.15, 0.2) is 0 Å². The third-order valence-electron chi connectivity index (χ3n) is 2.93. The summed E-state index contributed by atoms with van der Waals surface area (Å²) >= 11 is 0. The van der Waals surface area contributed by atoms with Crippen LogP contribution in [0, 0.1) is 5.92 Å². The van der Waals surface area contributed by atoms with Crippen LogP contribution in [0.25, 0.3) is 0 Å². The Morgan fingerprint density at radius 2 is 2.06 bits per heavy atom. The predicted molar refractivity (Wildman–Crippen MR) is 76.2 cm³/mol. The molecular weight excluding hydrogens is 252 g/mol. The monoisotopic (exact) mass is 278 g/mol. The van der Waals surface area contributed by atoms with Gasteiger partial charge < -0.3 is 15.0 Å². The van der Waals surface area contributed by atoms with E-state index < -0.39 is 0 Å². The van der Waals surface area contributed by atoms with E-state index in [4.69, 9.17) is 4.74 Å². The molecule has 0 aliphatic carbocycles. The van der Waals surface area contributed by atoms with Crippen molar-refractivity contribution in [2.45, 2.75) is 46.2 Å². The van der Waals surface area contributed by atoms with Crippen LogP contribution in [0.2, 0.25) is 0 Å². The van der Waals surface area contributed by atoms with Crippen molar-refractivity contribution < 1.29 is 9.53 Å². The van der Waals surface area contributed by atoms with Gasteiger partial charge in [0, 0.05) is 31.6 Å². The Labute approximate surface area is 117 Å². The van der Waals surface area contributed by atoms with Crippen molar-refractivity contribution in [3.8, 4) is 0 Å². The predicted octanol–water partition coefficient (Wildman–Crippen LogP) is 1.68. The van der Waals surface area contributed by atoms with Crippen LogP contribution >= 0.6 is 12.4 Å². The third-order valence-corrected chi connectivity index (χ3v) is 2.93. The maximum Gasteiger partial charge on any atom is 0.224 e. The molecule has 0 aromatic rings. The van der Waals surface area contributed by atoms with E-state index >= 15 is 0 Å². The topological polar surface area (TPSA) is 41.6 Å². The van der Waals surface area contributed by atoms with Crippen LogP contribution in [0.3, 0.4) is 0 Å². The molecule has 0 aromatic heterocycles. The lowest BCUT2D eigenvalue weighted by atomic mass is 10.1. The van der Waals surface area contributed by atoms with Crippen LogP contribution in [0.1, 0.15) is 34.1 Å². The van der Waals surface area contributed by atoms with Crippen molar-refractivity contribution in [3.05, 3.63) is 0 Å². The Morgan fingerprint density at radius 3 is 2.50 bits per heavy atom. The number of halogens is 1. The van der Waals surface area contributed by atoms with E-state index in [1.54, 1.807) is 0 Å². The highest BCUT2D eigenvalue weighted by atomic mass is 35.5. The van der Waals surface area contributed by atoms with Crippen molar-refractivity contribution in [3.63, 3.8) is 0 Å². The highest BCUT2D eigenvalue weighted by Crippen LogP contribution is 2.09. The van der Waals surface area contributed by atoms with E-state index in [0.29, 0.717) is 18.9 Å². The molecule has 1 atom stereocenters. The number of carbonyl (C=O) groups excluding carboxylic acids is 1. The second kappa shape index (κ2) is 8.73. The van der Waals surface area contributed by atoms with Gasteiger partial charge in [-0.1, -0.05) is 13.8 Å². The SMILES string of the molecule is CC(C)CN(C(=O)CC1COCCN1)C(C)C.Cl. The fraction of sp³-hybridized carbons (Fsp3) is 0.923. The summed E-state index contributed by atoms with van der Waals surface area (Å²) < 4.78 is 5.37. The molecule has 1 aliphatic heterocycles. The molecule has 0 saturated carbocycles. The molecule has 0 radical (unpaired) electrons. The van der Waals surface area contributed by atoms with Gasteiger partial charge in [0.15, 0.2) is 0 Å². The van der Waals surface area contributed by atoms with E-state index in [-0.39, 0.29) is 30.4 Å². The largest absolute Gasteiger partial charge is 0.378 e. The zero-order chi connectivity index (χ0) is 12.8. The van der Waals surface area contributed by atoms with Crippen LogP contribution in [-0.4, -0.2) is 49.2 Å². The highest BCUT2D eigenvalue weighted by Gasteiger charge is 2.23. The van der Waals surface area contributed by atoms with Crippen LogP contribution in [-0.2, 0) is 9.53 Å². The standard InChI is InChI=1S/C13H26N2O2.ClH/c1-10(2)8-15(11(3)4)13(16)7-12-9-17-6-5-14-12;/h10-12,14H,5-9H2,1-4H3;1H. The fourth-order valence-corrected chi connectivity index (χ4v) is 2.07. The average molecular weight is 279 g/mol. The first-order valence-corrected chi connectivity index (χ1v) is 6.61. The van der Waals surface area contributed by atoms with Crippen molar-refractivity contribution in [2.75, 3.05) is 26.3 Å². The van der Waals surface area contributed by atoms with Crippen LogP contribution < -0.4 is 5.32 Å². The van der Waals surface area contributed by atoms with Gasteiger partial charge in [0.25, 0.3) is 0 Å². The maximum absolute atomic E-state index is 12.2. The second-order valence-corrected chi connectivity index (χ2v) is 5.46. The molecule has 1 heterocycles. The summed E-state index contributed by atoms with van der Waals surface area (Å²) in [5.74, 6) is 0.744. The summed E-state index contributed by atoms with van der Waals surface area (Å²) in [5, 5.41) is 3.32. The molecule has 0 bridgehead atoms. The van der Waals surface area contributed by atoms with E-state index in [9.17, 15) is 4.79 Å². The van der Waals surface area contributed by atoms with E-state index in [1.807, 2.05) is 4.90 Å². The number of amides is 1. The quantitative estimate of drug-likeness (QED) is 0.832. The molecule has 18 heavy (non-hydrogen) atoms. The Bertz CT molecular complexity index is 241. The van der Waals surface area contributed by atoms with Gasteiger partial charge in [-0.15, -0.1) is 12.4 Å². The number of nitrogens with zero attached hydrogens (tertiary/aromatic N) is 1. The van der Waals surface area contributed by atoms with Crippen molar-refractivity contribution in [2.24, 2.45) is 5.92 Å². The molecule has 1 unspecified atom stereocenters. The summed E-state index contributed by atoms with van der Waals surface area (Å²) in [4.78, 5) is 14.2. The number of ether oxygens (including phenoxy) is 1. The molecule has 4 nitrogen and oxygen atoms in total. The molecule has 5 heteroatoms. The minimum atomic E-state index is 0. The zero-order valence-electron chi connectivity index (χ0n) is 11.9. The van der Waals surface area contributed by atoms with E-state index in [1.165, 1.54) is 0 Å². The first-order valence-electron chi connectivity index (χ1n) is 6.61. The highest BCUT2D eigenvalue weighted by molar-refractivity contribution is 5.85. The molecule has 0 aromatic carbocycles. The lowest BCUT2D eigenvalue weighted by Crippen LogP contribution is -2.47. The van der Waals surface area contributed by atoms with Gasteiger partial charge >= 0.3 is 0 Å². The van der Waals surface area contributed by atoms with Gasteiger partial charge in [-0.25, -0.2) is 0 Å². The summed E-state index contributed by atoms with van der Waals surface area (Å²) in [5.41, 5.74) is 0. The van der Waals surface area contributed by atoms with Crippen LogP contribution in [0.4, 0.5) is 0 Å². The van der Waals surface area contributed by atoms with E-state index in [2.05, 4.69) is 33.0 Å². The number of carbonyl (C=O) groups is 1. The van der Waals surface area contributed by atoms with Gasteiger partial charge in [-0.05, 0) is 19.8 Å². The zero-order valence-corrected chi connectivity index (χ0v) is 12.8. The molecule has 0 spiro atoms. The molecule has 1 rings (SSSR count). The van der Waals surface area contributed by atoms with Crippen molar-refractivity contribution in [1.29, 1.82) is 0 Å². The van der Waals surface area contributed by atoms with Gasteiger partial charge in [0.05, 0.1) is 13.2 Å². The van der Waals surface area contributed by atoms with Gasteiger partial charge in [-0.2, -0.15) is 0 Å². The average Bonchev–Trinajstić information content (AvgIpc) is 2.26. The first kappa shape index (κ1) is 17.7. The summed E-state index contributed by atoms with van der Waals surface area (Å²) in [7, 11) is 0. The Morgan fingerprint density at radius 1 is 1.39 bits per heavy atom. The van der Waals surface area contributed by atoms with Gasteiger partial charge in [0.1, 0.15) is 0 Å². The molecule has 1 fully saturated rings. The van der Waals surface area contributed by atoms with Gasteiger partial charge in [-0.3, -0.25) is 4.79 Å². The number of rotatable bonds is 5. The first-order chi connectivity index (χ1) is 8.00. The summed E-state index contributed by atoms with van der Waals surface area (Å²) in [6, 6.07) is 0.457. The van der Waals surface area contributed by atoms with Crippen LogP contribution in [0.5, 0.6) is 0 Å². The third kappa shape index (κ3) is 6.03. The molecule has 1 amide bonds. The molecule has 1 saturated heterocycles. The summed E-state index contributed by atoms with van der Waals surface area (Å²) in [6.07, 6.45) is 0.547. The van der Waals surface area contributed by atoms with Crippen molar-refractivity contribution in [1.82, 2.24) is 10.2 Å². The lowest BCUT2D eigenvalue weighted by molar-refractivity contribution is -0.134. The minimum Gasteiger partial charge on any atom is -0.378 e. The molecule has 108 valence electrons. The Hall–Kier alpha value is -0.320. The minimum absolute atomic E-state index is 0. The number of morpholine rings is 1. The number of hydrogen-bond donors (Lipinski definition) is 1. The van der Waals surface area contributed by atoms with E-state index in [0.717, 1.165) is 19.7 Å². The Kier molecular flexibility index (Phi) is 8.57. The summed E-state index contributed by atoms with van der Waals surface area (Å²) in [6.45, 7) is 11.5. The number of hydrogen-bond acceptors (Lipinski definition) is 3. The fourth-order valence-electron chi connectivity index (χ4n) is 2.07. The second-order valence-electron chi connectivity index (χ2n) is 5.46. The maximum atomic E-state index is 12.2. The van der Waals surface area contributed by atoms with Gasteiger partial charge in [0.2, 0.25) is 5.91 Å². The molecular formula is C13H27ClN2O2.